The van der Waals surface area contributed by atoms with Crippen molar-refractivity contribution in [2.45, 2.75) is 65.7 Å². The summed E-state index contributed by atoms with van der Waals surface area (Å²) in [6.07, 6.45) is 0. The maximum Gasteiger partial charge on any atom is 0.347 e. The number of nitrogens with zero attached hydrogens (tertiary/aromatic N) is 1. The van der Waals surface area contributed by atoms with Crippen molar-refractivity contribution in [2.75, 3.05) is 20.2 Å². The molecule has 0 aromatic heterocycles. The molecule has 1 unspecified atom stereocenters. The van der Waals surface area contributed by atoms with Gasteiger partial charge in [-0.15, -0.1) is 0 Å². The molecule has 0 aromatic carbocycles. The smallest absolute Gasteiger partial charge is 0.347 e. The fourth-order valence-corrected chi connectivity index (χ4v) is 14.6. The fraction of sp³-hybridized carbons (Fsp3) is 1.00. The molecule has 0 amide bonds. The van der Waals surface area contributed by atoms with Crippen LogP contribution in [0.25, 0.3) is 0 Å². The first-order valence-electron chi connectivity index (χ1n) is 7.66. The predicted octanol–water partition coefficient (Wildman–Crippen LogP) is 3.53. The van der Waals surface area contributed by atoms with Crippen LogP contribution in [0.1, 0.15) is 41.5 Å². The van der Waals surface area contributed by atoms with E-state index >= 15 is 0 Å². The first-order valence-corrected chi connectivity index (χ1v) is 12.3. The average Bonchev–Trinajstić information content (AvgIpc) is 2.43. The minimum atomic E-state index is -1.93. The van der Waals surface area contributed by atoms with Crippen LogP contribution in [-0.4, -0.2) is 41.3 Å². The van der Waals surface area contributed by atoms with Crippen LogP contribution in [0.2, 0.25) is 24.2 Å². The summed E-state index contributed by atoms with van der Waals surface area (Å²) in [4.78, 5) is 3.60. The summed E-state index contributed by atoms with van der Waals surface area (Å²) in [6.45, 7) is 15.8. The summed E-state index contributed by atoms with van der Waals surface area (Å²) >= 11 is 0. The Morgan fingerprint density at radius 2 is 1.39 bits per heavy atom. The molecule has 1 N–H and O–H groups in total. The molecule has 18 heavy (non-hydrogen) atoms. The quantitative estimate of drug-likeness (QED) is 0.623. The van der Waals surface area contributed by atoms with Crippen LogP contribution in [0.4, 0.5) is 0 Å². The highest BCUT2D eigenvalue weighted by Gasteiger charge is 2.48. The maximum atomic E-state index is 6.28. The van der Waals surface area contributed by atoms with Crippen molar-refractivity contribution in [1.29, 1.82) is 0 Å². The first-order chi connectivity index (χ1) is 8.56. The molecule has 0 aliphatic carbocycles. The molecule has 0 saturated carbocycles. The standard InChI is InChI=1S/C13H34N2OSi2/c1-8-15(17(10-3,11-4)12-5)18(13-6,14-7)16-9-2/h14H,8-13H2,1-7H3. The molecule has 5 heteroatoms. The van der Waals surface area contributed by atoms with Gasteiger partial charge in [-0.3, -0.25) is 0 Å². The molecule has 3 nitrogen and oxygen atoms in total. The van der Waals surface area contributed by atoms with Crippen molar-refractivity contribution in [2.24, 2.45) is 0 Å². The van der Waals surface area contributed by atoms with E-state index in [1.54, 1.807) is 0 Å². The average molecular weight is 291 g/mol. The zero-order chi connectivity index (χ0) is 14.2. The number of hydrogen-bond acceptors (Lipinski definition) is 3. The van der Waals surface area contributed by atoms with Crippen LogP contribution in [0.15, 0.2) is 0 Å². The summed E-state index contributed by atoms with van der Waals surface area (Å²) in [7, 11) is -1.19. The molecule has 0 bridgehead atoms. The van der Waals surface area contributed by atoms with E-state index in [4.69, 9.17) is 4.43 Å². The van der Waals surface area contributed by atoms with Gasteiger partial charge in [-0.2, -0.15) is 0 Å². The molecule has 0 aliphatic heterocycles. The predicted molar refractivity (Wildman–Crippen MR) is 86.5 cm³/mol. The fourth-order valence-electron chi connectivity index (χ4n) is 3.29. The Hall–Kier alpha value is 0.314. The molecule has 0 spiro atoms. The largest absolute Gasteiger partial charge is 0.392 e. The second kappa shape index (κ2) is 8.48. The highest BCUT2D eigenvalue weighted by atomic mass is 28.4. The lowest BCUT2D eigenvalue weighted by Gasteiger charge is -2.50. The minimum Gasteiger partial charge on any atom is -0.392 e. The maximum absolute atomic E-state index is 6.28. The SMILES string of the molecule is CCO[Si](CC)(NC)N(CC)[Si](CC)(CC)CC. The van der Waals surface area contributed by atoms with Gasteiger partial charge in [0.2, 0.25) is 0 Å². The van der Waals surface area contributed by atoms with Crippen molar-refractivity contribution >= 4 is 16.9 Å². The van der Waals surface area contributed by atoms with Crippen LogP contribution in [0.3, 0.4) is 0 Å². The van der Waals surface area contributed by atoms with Gasteiger partial charge in [-0.05, 0) is 44.7 Å². The molecule has 0 radical (unpaired) electrons. The van der Waals surface area contributed by atoms with Crippen LogP contribution >= 0.6 is 0 Å². The Kier molecular flexibility index (Phi) is 8.63. The van der Waals surface area contributed by atoms with Gasteiger partial charge in [-0.25, -0.2) is 0 Å². The highest BCUT2D eigenvalue weighted by molar-refractivity contribution is 6.89. The highest BCUT2D eigenvalue weighted by Crippen LogP contribution is 2.30. The third-order valence-electron chi connectivity index (χ3n) is 4.55. The molecule has 0 aromatic rings. The molecule has 1 atom stereocenters. The van der Waals surface area contributed by atoms with Crippen LogP contribution in [-0.2, 0) is 4.43 Å². The summed E-state index contributed by atoms with van der Waals surface area (Å²) < 4.78 is 9.09. The molecule has 110 valence electrons. The van der Waals surface area contributed by atoms with Crippen LogP contribution in [0, 0.1) is 0 Å². The van der Waals surface area contributed by atoms with Gasteiger partial charge in [0.25, 0.3) is 0 Å². The van der Waals surface area contributed by atoms with Crippen LogP contribution < -0.4 is 4.98 Å². The monoisotopic (exact) mass is 290 g/mol. The van der Waals surface area contributed by atoms with Gasteiger partial charge in [0.15, 0.2) is 0 Å². The third kappa shape index (κ3) is 3.45. The van der Waals surface area contributed by atoms with Gasteiger partial charge < -0.3 is 13.6 Å². The first kappa shape index (κ1) is 18.3. The van der Waals surface area contributed by atoms with E-state index in [2.05, 4.69) is 57.8 Å². The topological polar surface area (TPSA) is 24.5 Å². The Bertz CT molecular complexity index is 211. The Morgan fingerprint density at radius 3 is 1.61 bits per heavy atom. The van der Waals surface area contributed by atoms with E-state index < -0.39 is 16.9 Å². The molecular weight excluding hydrogens is 256 g/mol. The molecule has 0 heterocycles. The van der Waals surface area contributed by atoms with E-state index in [9.17, 15) is 0 Å². The van der Waals surface area contributed by atoms with Gasteiger partial charge in [0, 0.05) is 6.61 Å². The van der Waals surface area contributed by atoms with Gasteiger partial charge in [0.1, 0.15) is 8.24 Å². The van der Waals surface area contributed by atoms with E-state index in [1.807, 2.05) is 0 Å². The molecule has 0 rings (SSSR count). The van der Waals surface area contributed by atoms with Crippen molar-refractivity contribution in [1.82, 2.24) is 9.21 Å². The van der Waals surface area contributed by atoms with Crippen molar-refractivity contribution < 1.29 is 4.43 Å². The lowest BCUT2D eigenvalue weighted by molar-refractivity contribution is 0.272. The summed E-state index contributed by atoms with van der Waals surface area (Å²) in [5, 5.41) is 0. The van der Waals surface area contributed by atoms with Crippen LogP contribution in [0.5, 0.6) is 0 Å². The van der Waals surface area contributed by atoms with E-state index in [0.717, 1.165) is 19.2 Å². The molecular formula is C13H34N2OSi2. The number of nitrogens with one attached hydrogen (secondary N) is 1. The Morgan fingerprint density at radius 1 is 0.889 bits per heavy atom. The summed E-state index contributed by atoms with van der Waals surface area (Å²) in [5.74, 6) is 0. The number of rotatable bonds is 10. The van der Waals surface area contributed by atoms with Crippen molar-refractivity contribution in [3.8, 4) is 0 Å². The lowest BCUT2D eigenvalue weighted by Crippen LogP contribution is -2.73. The van der Waals surface area contributed by atoms with E-state index in [1.165, 1.54) is 18.1 Å². The Balaban J connectivity index is 5.45. The van der Waals surface area contributed by atoms with Crippen molar-refractivity contribution in [3.05, 3.63) is 0 Å². The lowest BCUT2D eigenvalue weighted by atomic mass is 10.8. The second-order valence-electron chi connectivity index (χ2n) is 4.85. The van der Waals surface area contributed by atoms with Gasteiger partial charge in [-0.1, -0.05) is 34.6 Å². The molecule has 0 fully saturated rings. The third-order valence-corrected chi connectivity index (χ3v) is 16.2. The molecule has 0 aliphatic rings. The summed E-state index contributed by atoms with van der Waals surface area (Å²) in [5.41, 5.74) is 0. The summed E-state index contributed by atoms with van der Waals surface area (Å²) in [6, 6.07) is 5.12. The van der Waals surface area contributed by atoms with Gasteiger partial charge >= 0.3 is 8.64 Å². The van der Waals surface area contributed by atoms with Crippen molar-refractivity contribution in [3.63, 3.8) is 0 Å². The number of hydrogen-bond donors (Lipinski definition) is 1. The second-order valence-corrected chi connectivity index (χ2v) is 14.0. The van der Waals surface area contributed by atoms with E-state index in [-0.39, 0.29) is 0 Å². The zero-order valence-corrected chi connectivity index (χ0v) is 15.6. The minimum absolute atomic E-state index is 0.818. The normalized spacial score (nSPS) is 16.0. The van der Waals surface area contributed by atoms with E-state index in [0.29, 0.717) is 0 Å². The van der Waals surface area contributed by atoms with Gasteiger partial charge in [0.05, 0.1) is 0 Å². The molecule has 0 saturated heterocycles. The zero-order valence-electron chi connectivity index (χ0n) is 13.6. The Labute approximate surface area is 117 Å².